The van der Waals surface area contributed by atoms with Gasteiger partial charge in [0.05, 0.1) is 5.48 Å². The summed E-state index contributed by atoms with van der Waals surface area (Å²) in [5.41, 5.74) is 0. The zero-order valence-electron chi connectivity index (χ0n) is 7.89. The first-order valence-electron chi connectivity index (χ1n) is 3.95. The van der Waals surface area contributed by atoms with Crippen molar-refractivity contribution in [3.05, 3.63) is 24.2 Å². The first-order chi connectivity index (χ1) is 5.46. The second-order valence-corrected chi connectivity index (χ2v) is 1.20. The average molecular weight is 118 g/mol. The van der Waals surface area contributed by atoms with Crippen molar-refractivity contribution in [1.29, 1.82) is 0 Å². The van der Waals surface area contributed by atoms with Crippen LogP contribution >= 0.6 is 0 Å². The van der Waals surface area contributed by atoms with Crippen molar-refractivity contribution in [2.45, 2.75) is 0 Å². The van der Waals surface area contributed by atoms with Crippen molar-refractivity contribution in [3.63, 3.8) is 0 Å². The summed E-state index contributed by atoms with van der Waals surface area (Å²) in [5.74, 6) is -1.49. The third kappa shape index (κ3) is 0.904. The van der Waals surface area contributed by atoms with E-state index in [1.807, 2.05) is 0 Å². The van der Waals surface area contributed by atoms with Crippen LogP contribution in [0.15, 0.2) is 24.2 Å². The molecule has 2 N–H and O–H groups in total. The minimum atomic E-state index is -0.747. The molecule has 0 fully saturated rings. The van der Waals surface area contributed by atoms with Crippen molar-refractivity contribution in [2.24, 2.45) is 0 Å². The molecule has 0 aromatic heterocycles. The summed E-state index contributed by atoms with van der Waals surface area (Å²) in [7, 11) is 0. The van der Waals surface area contributed by atoms with Gasteiger partial charge in [0.2, 0.25) is 0 Å². The smallest absolute Gasteiger partial charge is 0.115 e. The van der Waals surface area contributed by atoms with Crippen LogP contribution in [0.1, 0.15) is 5.48 Å². The number of phenolic OH excluding ortho intramolecular Hbond substituents is 2. The quantitative estimate of drug-likeness (QED) is 0.501. The van der Waals surface area contributed by atoms with Crippen molar-refractivity contribution in [1.82, 2.24) is 0 Å². The molecule has 0 heterocycles. The minimum Gasteiger partial charge on any atom is -0.508 e. The Labute approximate surface area is 52.6 Å². The van der Waals surface area contributed by atoms with Gasteiger partial charge in [0.1, 0.15) is 11.5 Å². The van der Waals surface area contributed by atoms with Gasteiger partial charge in [-0.1, -0.05) is 0 Å². The molecule has 2 heteroatoms. The van der Waals surface area contributed by atoms with E-state index in [-0.39, 0.29) is 0 Å². The fraction of sp³-hybridized carbons (Fsp3) is 0. The van der Waals surface area contributed by atoms with E-state index in [0.29, 0.717) is 0 Å². The van der Waals surface area contributed by atoms with Gasteiger partial charge in [-0.25, -0.2) is 0 Å². The zero-order valence-corrected chi connectivity index (χ0v) is 3.89. The summed E-state index contributed by atoms with van der Waals surface area (Å²) in [4.78, 5) is 0. The standard InChI is InChI=1S/C6H6O2/c7-5-1-2-6(8)4-3-5/h1-4,7-8H/i1T,2T,3T,4T. The van der Waals surface area contributed by atoms with Gasteiger partial charge in [0.25, 0.3) is 0 Å². The lowest BCUT2D eigenvalue weighted by atomic mass is 10.3. The topological polar surface area (TPSA) is 40.5 Å². The third-order valence-electron chi connectivity index (χ3n) is 0.599. The number of phenols is 2. The van der Waals surface area contributed by atoms with E-state index in [1.54, 1.807) is 0 Å². The fourth-order valence-corrected chi connectivity index (χ4v) is 0.299. The van der Waals surface area contributed by atoms with Crippen LogP contribution in [-0.2, 0) is 0 Å². The monoisotopic (exact) mass is 118 g/mol. The normalized spacial score (nSPS) is 16.0. The van der Waals surface area contributed by atoms with Crippen LogP contribution in [0.2, 0.25) is 0 Å². The van der Waals surface area contributed by atoms with Gasteiger partial charge in [-0.15, -0.1) is 0 Å². The minimum absolute atomic E-state index is 0.631. The van der Waals surface area contributed by atoms with Crippen molar-refractivity contribution in [3.8, 4) is 11.5 Å². The lowest BCUT2D eigenvalue weighted by Gasteiger charge is -1.88. The predicted octanol–water partition coefficient (Wildman–Crippen LogP) is 1.10. The molecule has 0 atom stereocenters. The van der Waals surface area contributed by atoms with E-state index < -0.39 is 35.7 Å². The summed E-state index contributed by atoms with van der Waals surface area (Å²) < 4.78 is 28.1. The van der Waals surface area contributed by atoms with Crippen LogP contribution < -0.4 is 0 Å². The SMILES string of the molecule is [3H]c1c([3H])c(O)c([3H])c([3H])c1O. The fourth-order valence-electron chi connectivity index (χ4n) is 0.299. The highest BCUT2D eigenvalue weighted by Gasteiger charge is 1.84. The molecule has 1 rings (SSSR count). The van der Waals surface area contributed by atoms with Gasteiger partial charge < -0.3 is 10.2 Å². The van der Waals surface area contributed by atoms with Crippen molar-refractivity contribution >= 4 is 0 Å². The van der Waals surface area contributed by atoms with Crippen LogP contribution in [0.25, 0.3) is 0 Å². The molecule has 0 aliphatic carbocycles. The third-order valence-corrected chi connectivity index (χ3v) is 0.599. The van der Waals surface area contributed by atoms with Gasteiger partial charge >= 0.3 is 0 Å². The Morgan fingerprint density at radius 1 is 1.00 bits per heavy atom. The summed E-state index contributed by atoms with van der Waals surface area (Å²) in [6.07, 6.45) is 0. The molecule has 0 radical (unpaired) electrons. The Morgan fingerprint density at radius 2 is 1.25 bits per heavy atom. The number of benzene rings is 1. The number of rotatable bonds is 0. The summed E-state index contributed by atoms with van der Waals surface area (Å²) >= 11 is 0. The van der Waals surface area contributed by atoms with E-state index in [2.05, 4.69) is 0 Å². The largest absolute Gasteiger partial charge is 0.508 e. The van der Waals surface area contributed by atoms with Gasteiger partial charge in [-0.3, -0.25) is 0 Å². The van der Waals surface area contributed by atoms with Crippen molar-refractivity contribution < 1.29 is 15.7 Å². The molecular weight excluding hydrogens is 104 g/mol. The molecule has 0 bridgehead atoms. The van der Waals surface area contributed by atoms with Crippen molar-refractivity contribution in [2.75, 3.05) is 0 Å². The summed E-state index contributed by atoms with van der Waals surface area (Å²) in [6.45, 7) is 0. The second kappa shape index (κ2) is 1.74. The Hall–Kier alpha value is -1.18. The number of hydrogen-bond acceptors (Lipinski definition) is 2. The Morgan fingerprint density at radius 3 is 1.50 bits per heavy atom. The van der Waals surface area contributed by atoms with Crippen LogP contribution in [0.3, 0.4) is 0 Å². The molecule has 0 saturated carbocycles. The van der Waals surface area contributed by atoms with Gasteiger partial charge in [-0.05, 0) is 24.2 Å². The van der Waals surface area contributed by atoms with Gasteiger partial charge in [0, 0.05) is 0 Å². The molecule has 0 saturated heterocycles. The average Bonchev–Trinajstić information content (AvgIpc) is 2.08. The lowest BCUT2D eigenvalue weighted by molar-refractivity contribution is 0.460. The molecule has 1 aromatic carbocycles. The highest BCUT2D eigenvalue weighted by atomic mass is 16.3. The zero-order chi connectivity index (χ0) is 9.46. The Bertz CT molecular complexity index is 232. The highest BCUT2D eigenvalue weighted by Crippen LogP contribution is 2.13. The Kier molecular flexibility index (Phi) is 0.429. The summed E-state index contributed by atoms with van der Waals surface area (Å²) in [5, 5.41) is 17.9. The van der Waals surface area contributed by atoms with Crippen LogP contribution in [0.5, 0.6) is 11.5 Å². The van der Waals surface area contributed by atoms with E-state index in [0.717, 1.165) is 0 Å². The van der Waals surface area contributed by atoms with Crippen LogP contribution in [-0.4, -0.2) is 10.2 Å². The molecule has 0 aliphatic heterocycles. The second-order valence-electron chi connectivity index (χ2n) is 1.20. The first kappa shape index (κ1) is 1.97. The van der Waals surface area contributed by atoms with E-state index in [1.165, 1.54) is 0 Å². The molecule has 8 heavy (non-hydrogen) atoms. The van der Waals surface area contributed by atoms with E-state index in [9.17, 15) is 0 Å². The number of hydrogen-bond donors (Lipinski definition) is 2. The molecule has 42 valence electrons. The maximum absolute atomic E-state index is 8.97. The molecule has 0 amide bonds. The summed E-state index contributed by atoms with van der Waals surface area (Å²) in [6, 6.07) is -2.52. The molecule has 0 spiro atoms. The van der Waals surface area contributed by atoms with Gasteiger partial charge in [-0.2, -0.15) is 0 Å². The van der Waals surface area contributed by atoms with Crippen LogP contribution in [0.4, 0.5) is 0 Å². The molecule has 0 unspecified atom stereocenters. The van der Waals surface area contributed by atoms with E-state index >= 15 is 0 Å². The highest BCUT2D eigenvalue weighted by molar-refractivity contribution is 5.28. The number of aromatic hydroxyl groups is 2. The first-order valence-corrected chi connectivity index (χ1v) is 1.95. The maximum atomic E-state index is 8.97. The van der Waals surface area contributed by atoms with E-state index in [4.69, 9.17) is 15.7 Å². The lowest BCUT2D eigenvalue weighted by Crippen LogP contribution is -1.61. The molecule has 0 aliphatic rings. The van der Waals surface area contributed by atoms with Gasteiger partial charge in [0.15, 0.2) is 0 Å². The predicted molar refractivity (Wildman–Crippen MR) is 29.8 cm³/mol. The van der Waals surface area contributed by atoms with Crippen LogP contribution in [0, 0.1) is 0 Å². The maximum Gasteiger partial charge on any atom is 0.115 e. The molecular formula is C6H6O2. The molecule has 1 aromatic rings. The molecule has 2 nitrogen and oxygen atoms in total. The Balaban J connectivity index is 3.60.